The molecule has 5 nitrogen and oxygen atoms in total. The van der Waals surface area contributed by atoms with Crippen molar-refractivity contribution in [1.82, 2.24) is 5.32 Å². The molecular weight excluding hydrogens is 206 g/mol. The molecule has 0 heterocycles. The summed E-state index contributed by atoms with van der Waals surface area (Å²) in [6.07, 6.45) is 0.857. The summed E-state index contributed by atoms with van der Waals surface area (Å²) in [6, 6.07) is 0.110. The molecule has 1 unspecified atom stereocenters. The van der Waals surface area contributed by atoms with E-state index in [0.717, 1.165) is 6.42 Å². The molecule has 0 aliphatic carbocycles. The largest absolute Gasteiger partial charge is 0.409 e. The van der Waals surface area contributed by atoms with Gasteiger partial charge in [-0.2, -0.15) is 0 Å². The van der Waals surface area contributed by atoms with Crippen LogP contribution in [0, 0.1) is 11.3 Å². The van der Waals surface area contributed by atoms with Crippen LogP contribution in [0.2, 0.25) is 0 Å². The van der Waals surface area contributed by atoms with Gasteiger partial charge in [-0.3, -0.25) is 4.79 Å². The number of amidine groups is 1. The normalized spacial score (nSPS) is 15.0. The Kier molecular flexibility index (Phi) is 5.27. The summed E-state index contributed by atoms with van der Waals surface area (Å²) in [5, 5.41) is 14.4. The van der Waals surface area contributed by atoms with Crippen molar-refractivity contribution in [3.8, 4) is 0 Å². The Balaban J connectivity index is 4.69. The predicted octanol–water partition coefficient (Wildman–Crippen LogP) is 1.31. The van der Waals surface area contributed by atoms with Gasteiger partial charge >= 0.3 is 0 Å². The monoisotopic (exact) mass is 229 g/mol. The van der Waals surface area contributed by atoms with Crippen LogP contribution >= 0.6 is 0 Å². The van der Waals surface area contributed by atoms with Crippen molar-refractivity contribution in [3.05, 3.63) is 0 Å². The van der Waals surface area contributed by atoms with Gasteiger partial charge in [0.1, 0.15) is 5.41 Å². The van der Waals surface area contributed by atoms with Crippen molar-refractivity contribution in [2.24, 2.45) is 22.2 Å². The molecule has 0 aromatic rings. The number of nitrogens with one attached hydrogen (secondary N) is 1. The number of amides is 1. The second-order valence-corrected chi connectivity index (χ2v) is 4.84. The van der Waals surface area contributed by atoms with Crippen LogP contribution in [0.15, 0.2) is 5.16 Å². The minimum Gasteiger partial charge on any atom is -0.409 e. The molecule has 94 valence electrons. The molecular formula is C11H23N3O2. The molecule has 0 spiro atoms. The quantitative estimate of drug-likeness (QED) is 0.287. The zero-order chi connectivity index (χ0) is 12.9. The second-order valence-electron chi connectivity index (χ2n) is 4.84. The number of hydrogen-bond donors (Lipinski definition) is 3. The highest BCUT2D eigenvalue weighted by Gasteiger charge is 2.34. The van der Waals surface area contributed by atoms with Gasteiger partial charge in [0, 0.05) is 6.04 Å². The van der Waals surface area contributed by atoms with Gasteiger partial charge in [0.05, 0.1) is 0 Å². The Bertz CT molecular complexity index is 272. The highest BCUT2D eigenvalue weighted by Crippen LogP contribution is 2.17. The highest BCUT2D eigenvalue weighted by molar-refractivity contribution is 6.05. The van der Waals surface area contributed by atoms with E-state index in [1.165, 1.54) is 0 Å². The summed E-state index contributed by atoms with van der Waals surface area (Å²) in [5.41, 5.74) is 4.50. The third kappa shape index (κ3) is 3.40. The molecule has 0 radical (unpaired) electrons. The first-order valence-electron chi connectivity index (χ1n) is 5.56. The highest BCUT2D eigenvalue weighted by atomic mass is 16.4. The average Bonchev–Trinajstić information content (AvgIpc) is 2.23. The lowest BCUT2D eigenvalue weighted by Crippen LogP contribution is -2.50. The molecule has 0 saturated heterocycles. The molecule has 1 amide bonds. The van der Waals surface area contributed by atoms with Gasteiger partial charge < -0.3 is 16.3 Å². The average molecular weight is 229 g/mol. The molecule has 0 aliphatic rings. The SMILES string of the molecule is CCC(NC(=O)C(C)(C)C(N)=NO)C(C)C. The van der Waals surface area contributed by atoms with E-state index >= 15 is 0 Å². The third-order valence-electron chi connectivity index (χ3n) is 2.88. The molecule has 0 bridgehead atoms. The lowest BCUT2D eigenvalue weighted by Gasteiger charge is -2.27. The van der Waals surface area contributed by atoms with E-state index in [-0.39, 0.29) is 17.8 Å². The lowest BCUT2D eigenvalue weighted by molar-refractivity contribution is -0.127. The Labute approximate surface area is 97.1 Å². The van der Waals surface area contributed by atoms with Crippen LogP contribution in [0.4, 0.5) is 0 Å². The van der Waals surface area contributed by atoms with Gasteiger partial charge in [0.25, 0.3) is 0 Å². The van der Waals surface area contributed by atoms with E-state index in [1.54, 1.807) is 13.8 Å². The summed E-state index contributed by atoms with van der Waals surface area (Å²) >= 11 is 0. The van der Waals surface area contributed by atoms with E-state index in [1.807, 2.05) is 20.8 Å². The van der Waals surface area contributed by atoms with E-state index in [9.17, 15) is 4.79 Å². The van der Waals surface area contributed by atoms with Crippen LogP contribution in [-0.4, -0.2) is 23.0 Å². The molecule has 4 N–H and O–H groups in total. The van der Waals surface area contributed by atoms with Crippen LogP contribution in [-0.2, 0) is 4.79 Å². The topological polar surface area (TPSA) is 87.7 Å². The summed E-state index contributed by atoms with van der Waals surface area (Å²) in [4.78, 5) is 12.0. The first kappa shape index (κ1) is 14.7. The maximum Gasteiger partial charge on any atom is 0.233 e. The first-order valence-corrected chi connectivity index (χ1v) is 5.56. The standard InChI is InChI=1S/C11H23N3O2/c1-6-8(7(2)3)13-10(15)11(4,5)9(12)14-16/h7-8,16H,6H2,1-5H3,(H2,12,14)(H,13,15). The van der Waals surface area contributed by atoms with Crippen molar-refractivity contribution in [3.63, 3.8) is 0 Å². The molecule has 0 saturated carbocycles. The summed E-state index contributed by atoms with van der Waals surface area (Å²) in [5.74, 6) is 0.0593. The number of carbonyl (C=O) groups excluding carboxylic acids is 1. The second kappa shape index (κ2) is 5.72. The lowest BCUT2D eigenvalue weighted by atomic mass is 9.89. The smallest absolute Gasteiger partial charge is 0.233 e. The summed E-state index contributed by atoms with van der Waals surface area (Å²) in [6.45, 7) is 9.37. The van der Waals surface area contributed by atoms with Gasteiger partial charge in [0.15, 0.2) is 5.84 Å². The van der Waals surface area contributed by atoms with E-state index in [4.69, 9.17) is 10.9 Å². The molecule has 0 aliphatic heterocycles. The van der Waals surface area contributed by atoms with Crippen LogP contribution < -0.4 is 11.1 Å². The van der Waals surface area contributed by atoms with Crippen molar-refractivity contribution < 1.29 is 10.0 Å². The van der Waals surface area contributed by atoms with Gasteiger partial charge in [-0.05, 0) is 26.2 Å². The Morgan fingerprint density at radius 2 is 2.00 bits per heavy atom. The van der Waals surface area contributed by atoms with Crippen molar-refractivity contribution in [1.29, 1.82) is 0 Å². The molecule has 0 rings (SSSR count). The molecule has 16 heavy (non-hydrogen) atoms. The molecule has 0 aromatic heterocycles. The summed E-state index contributed by atoms with van der Waals surface area (Å²) in [7, 11) is 0. The van der Waals surface area contributed by atoms with E-state index in [2.05, 4.69) is 10.5 Å². The Hall–Kier alpha value is -1.26. The minimum atomic E-state index is -0.989. The van der Waals surface area contributed by atoms with Gasteiger partial charge in [-0.25, -0.2) is 0 Å². The number of oxime groups is 1. The molecule has 0 fully saturated rings. The first-order chi connectivity index (χ1) is 7.27. The van der Waals surface area contributed by atoms with Crippen LogP contribution in [0.25, 0.3) is 0 Å². The van der Waals surface area contributed by atoms with E-state index in [0.29, 0.717) is 5.92 Å². The molecule has 0 aromatic carbocycles. The zero-order valence-corrected chi connectivity index (χ0v) is 10.7. The Morgan fingerprint density at radius 1 is 1.50 bits per heavy atom. The summed E-state index contributed by atoms with van der Waals surface area (Å²) < 4.78 is 0. The number of nitrogens with zero attached hydrogens (tertiary/aromatic N) is 1. The number of hydrogen-bond acceptors (Lipinski definition) is 3. The van der Waals surface area contributed by atoms with E-state index < -0.39 is 5.41 Å². The number of rotatable bonds is 5. The fraction of sp³-hybridized carbons (Fsp3) is 0.818. The van der Waals surface area contributed by atoms with Crippen molar-refractivity contribution >= 4 is 11.7 Å². The van der Waals surface area contributed by atoms with Gasteiger partial charge in [-0.15, -0.1) is 0 Å². The van der Waals surface area contributed by atoms with Crippen molar-refractivity contribution in [2.75, 3.05) is 0 Å². The molecule has 5 heteroatoms. The zero-order valence-electron chi connectivity index (χ0n) is 10.7. The van der Waals surface area contributed by atoms with Gasteiger partial charge in [0.2, 0.25) is 5.91 Å². The van der Waals surface area contributed by atoms with Crippen LogP contribution in [0.5, 0.6) is 0 Å². The fourth-order valence-corrected chi connectivity index (χ4v) is 1.33. The maximum atomic E-state index is 12.0. The van der Waals surface area contributed by atoms with Crippen LogP contribution in [0.3, 0.4) is 0 Å². The Morgan fingerprint density at radius 3 is 2.31 bits per heavy atom. The third-order valence-corrected chi connectivity index (χ3v) is 2.88. The van der Waals surface area contributed by atoms with Crippen molar-refractivity contribution in [2.45, 2.75) is 47.1 Å². The maximum absolute atomic E-state index is 12.0. The minimum absolute atomic E-state index is 0.0800. The fourth-order valence-electron chi connectivity index (χ4n) is 1.33. The molecule has 1 atom stereocenters. The van der Waals surface area contributed by atoms with Gasteiger partial charge in [-0.1, -0.05) is 25.9 Å². The number of nitrogens with two attached hydrogens (primary N) is 1. The van der Waals surface area contributed by atoms with Crippen LogP contribution in [0.1, 0.15) is 41.0 Å². The predicted molar refractivity (Wildman–Crippen MR) is 64.2 cm³/mol. The number of carbonyl (C=O) groups is 1.